The Kier molecular flexibility index (Phi) is 5.60. The molecule has 0 aliphatic rings. The van der Waals surface area contributed by atoms with Gasteiger partial charge < -0.3 is 0 Å². The van der Waals surface area contributed by atoms with Crippen molar-refractivity contribution in [3.63, 3.8) is 0 Å². The Labute approximate surface area is 70.3 Å². The predicted molar refractivity (Wildman–Crippen MR) is 51.5 cm³/mol. The van der Waals surface area contributed by atoms with Gasteiger partial charge in [0, 0.05) is 0 Å². The SMILES string of the molecule is C=C=CCCC(CC)C(=C)C. The van der Waals surface area contributed by atoms with Gasteiger partial charge in [-0.3, -0.25) is 0 Å². The second kappa shape index (κ2) is 6.00. The topological polar surface area (TPSA) is 0 Å². The quantitative estimate of drug-likeness (QED) is 0.414. The van der Waals surface area contributed by atoms with Crippen LogP contribution in [0.15, 0.2) is 30.5 Å². The van der Waals surface area contributed by atoms with Gasteiger partial charge in [0.2, 0.25) is 0 Å². The fourth-order valence-corrected chi connectivity index (χ4v) is 1.19. The molecule has 0 N–H and O–H groups in total. The summed E-state index contributed by atoms with van der Waals surface area (Å²) in [5, 5.41) is 0. The van der Waals surface area contributed by atoms with Gasteiger partial charge in [-0.2, -0.15) is 0 Å². The number of allylic oxidation sites excluding steroid dienone is 2. The maximum atomic E-state index is 3.96. The number of rotatable bonds is 5. The predicted octanol–water partition coefficient (Wildman–Crippen LogP) is 3.71. The molecule has 0 aromatic carbocycles. The van der Waals surface area contributed by atoms with Crippen LogP contribution in [0.2, 0.25) is 0 Å². The fraction of sp³-hybridized carbons (Fsp3) is 0.545. The number of hydrogen-bond acceptors (Lipinski definition) is 0. The van der Waals surface area contributed by atoms with E-state index in [9.17, 15) is 0 Å². The molecule has 11 heavy (non-hydrogen) atoms. The van der Waals surface area contributed by atoms with Gasteiger partial charge in [-0.05, 0) is 38.2 Å². The lowest BCUT2D eigenvalue weighted by Crippen LogP contribution is -1.98. The van der Waals surface area contributed by atoms with Crippen LogP contribution in [0.4, 0.5) is 0 Å². The van der Waals surface area contributed by atoms with Crippen molar-refractivity contribution in [1.29, 1.82) is 0 Å². The third-order valence-corrected chi connectivity index (χ3v) is 1.99. The third kappa shape index (κ3) is 4.64. The molecule has 0 saturated carbocycles. The molecule has 0 nitrogen and oxygen atoms in total. The van der Waals surface area contributed by atoms with Crippen molar-refractivity contribution in [2.75, 3.05) is 0 Å². The van der Waals surface area contributed by atoms with Gasteiger partial charge >= 0.3 is 0 Å². The van der Waals surface area contributed by atoms with Gasteiger partial charge in [0.1, 0.15) is 0 Å². The lowest BCUT2D eigenvalue weighted by Gasteiger charge is -2.12. The minimum atomic E-state index is 0.680. The molecule has 1 unspecified atom stereocenters. The molecule has 0 rings (SSSR count). The second-order valence-corrected chi connectivity index (χ2v) is 2.94. The highest BCUT2D eigenvalue weighted by molar-refractivity contribution is 4.96. The van der Waals surface area contributed by atoms with Gasteiger partial charge in [-0.15, -0.1) is 5.73 Å². The summed E-state index contributed by atoms with van der Waals surface area (Å²) in [7, 11) is 0. The first-order valence-corrected chi connectivity index (χ1v) is 4.22. The van der Waals surface area contributed by atoms with E-state index in [1.165, 1.54) is 18.4 Å². The van der Waals surface area contributed by atoms with Crippen LogP contribution < -0.4 is 0 Å². The summed E-state index contributed by atoms with van der Waals surface area (Å²) in [5.41, 5.74) is 4.08. The highest BCUT2D eigenvalue weighted by Crippen LogP contribution is 2.18. The Morgan fingerprint density at radius 3 is 2.64 bits per heavy atom. The van der Waals surface area contributed by atoms with E-state index in [-0.39, 0.29) is 0 Å². The van der Waals surface area contributed by atoms with Crippen molar-refractivity contribution in [3.8, 4) is 0 Å². The molecular weight excluding hydrogens is 132 g/mol. The van der Waals surface area contributed by atoms with E-state index in [0.29, 0.717) is 5.92 Å². The minimum Gasteiger partial charge on any atom is -0.133 e. The maximum absolute atomic E-state index is 3.96. The minimum absolute atomic E-state index is 0.680. The highest BCUT2D eigenvalue weighted by Gasteiger charge is 2.04. The first-order valence-electron chi connectivity index (χ1n) is 4.22. The monoisotopic (exact) mass is 150 g/mol. The Hall–Kier alpha value is -0.740. The Bertz CT molecular complexity index is 159. The molecule has 1 atom stereocenters. The molecule has 0 bridgehead atoms. The number of hydrogen-bond donors (Lipinski definition) is 0. The van der Waals surface area contributed by atoms with Gasteiger partial charge in [0.05, 0.1) is 0 Å². The summed E-state index contributed by atoms with van der Waals surface area (Å²) in [4.78, 5) is 0. The Morgan fingerprint density at radius 1 is 1.64 bits per heavy atom. The summed E-state index contributed by atoms with van der Waals surface area (Å²) in [6, 6.07) is 0. The average Bonchev–Trinajstić information content (AvgIpc) is 1.97. The second-order valence-electron chi connectivity index (χ2n) is 2.94. The summed E-state index contributed by atoms with van der Waals surface area (Å²) in [6.07, 6.45) is 5.45. The van der Waals surface area contributed by atoms with Crippen LogP contribution in [0.1, 0.15) is 33.1 Å². The largest absolute Gasteiger partial charge is 0.133 e. The molecule has 0 spiro atoms. The summed E-state index contributed by atoms with van der Waals surface area (Å²) in [5.74, 6) is 0.680. The van der Waals surface area contributed by atoms with Crippen molar-refractivity contribution < 1.29 is 0 Å². The average molecular weight is 150 g/mol. The molecule has 0 aromatic rings. The van der Waals surface area contributed by atoms with E-state index in [0.717, 1.165) is 6.42 Å². The van der Waals surface area contributed by atoms with Crippen molar-refractivity contribution in [2.24, 2.45) is 5.92 Å². The molecule has 0 radical (unpaired) electrons. The molecule has 0 aromatic heterocycles. The molecule has 0 amide bonds. The lowest BCUT2D eigenvalue weighted by molar-refractivity contribution is 0.550. The van der Waals surface area contributed by atoms with Gasteiger partial charge in [-0.1, -0.05) is 25.7 Å². The zero-order chi connectivity index (χ0) is 8.69. The molecule has 0 saturated heterocycles. The smallest absolute Gasteiger partial charge is 0.0208 e. The molecule has 0 aliphatic carbocycles. The third-order valence-electron chi connectivity index (χ3n) is 1.99. The highest BCUT2D eigenvalue weighted by atomic mass is 14.1. The van der Waals surface area contributed by atoms with Gasteiger partial charge in [0.15, 0.2) is 0 Å². The van der Waals surface area contributed by atoms with E-state index in [4.69, 9.17) is 0 Å². The summed E-state index contributed by atoms with van der Waals surface area (Å²) < 4.78 is 0. The Morgan fingerprint density at radius 2 is 2.27 bits per heavy atom. The standard InChI is InChI=1S/C11H18/c1-5-7-8-9-11(6-2)10(3)4/h7,11H,1,3,6,8-9H2,2,4H3. The van der Waals surface area contributed by atoms with E-state index >= 15 is 0 Å². The van der Waals surface area contributed by atoms with Crippen LogP contribution in [0, 0.1) is 5.92 Å². The van der Waals surface area contributed by atoms with Crippen molar-refractivity contribution in [2.45, 2.75) is 33.1 Å². The Balaban J connectivity index is 3.69. The normalized spacial score (nSPS) is 11.8. The summed E-state index contributed by atoms with van der Waals surface area (Å²) >= 11 is 0. The fourth-order valence-electron chi connectivity index (χ4n) is 1.19. The lowest BCUT2D eigenvalue weighted by atomic mass is 9.94. The van der Waals surface area contributed by atoms with E-state index < -0.39 is 0 Å². The first-order chi connectivity index (χ1) is 5.22. The molecular formula is C11H18. The van der Waals surface area contributed by atoms with Crippen molar-refractivity contribution in [1.82, 2.24) is 0 Å². The van der Waals surface area contributed by atoms with Crippen LogP contribution in [-0.4, -0.2) is 0 Å². The molecule has 0 aliphatic heterocycles. The van der Waals surface area contributed by atoms with Crippen LogP contribution in [0.5, 0.6) is 0 Å². The van der Waals surface area contributed by atoms with Crippen LogP contribution >= 0.6 is 0 Å². The van der Waals surface area contributed by atoms with E-state index in [1.807, 2.05) is 6.08 Å². The van der Waals surface area contributed by atoms with Crippen molar-refractivity contribution >= 4 is 0 Å². The van der Waals surface area contributed by atoms with Crippen LogP contribution in [0.3, 0.4) is 0 Å². The van der Waals surface area contributed by atoms with Crippen LogP contribution in [-0.2, 0) is 0 Å². The molecule has 0 heteroatoms. The van der Waals surface area contributed by atoms with E-state index in [2.05, 4.69) is 32.7 Å². The molecule has 0 heterocycles. The van der Waals surface area contributed by atoms with Gasteiger partial charge in [0.25, 0.3) is 0 Å². The summed E-state index contributed by atoms with van der Waals surface area (Å²) in [6.45, 7) is 11.8. The van der Waals surface area contributed by atoms with Crippen LogP contribution in [0.25, 0.3) is 0 Å². The molecule has 62 valence electrons. The maximum Gasteiger partial charge on any atom is -0.0208 e. The zero-order valence-electron chi connectivity index (χ0n) is 7.69. The zero-order valence-corrected chi connectivity index (χ0v) is 7.69. The van der Waals surface area contributed by atoms with Crippen molar-refractivity contribution in [3.05, 3.63) is 30.5 Å². The van der Waals surface area contributed by atoms with E-state index in [1.54, 1.807) is 0 Å². The molecule has 0 fully saturated rings. The first kappa shape index (κ1) is 10.3. The van der Waals surface area contributed by atoms with Gasteiger partial charge in [-0.25, -0.2) is 0 Å².